The highest BCUT2D eigenvalue weighted by Crippen LogP contribution is 2.39. The lowest BCUT2D eigenvalue weighted by molar-refractivity contribution is -0.137. The molecule has 1 aliphatic heterocycles. The number of halogens is 4. The first-order valence-corrected chi connectivity index (χ1v) is 9.03. The second kappa shape index (κ2) is 6.72. The van der Waals surface area contributed by atoms with Crippen LogP contribution in [0, 0.1) is 5.82 Å². The zero-order valence-corrected chi connectivity index (χ0v) is 15.6. The highest BCUT2D eigenvalue weighted by molar-refractivity contribution is 5.98. The molecule has 0 bridgehead atoms. The van der Waals surface area contributed by atoms with Gasteiger partial charge in [-0.25, -0.2) is 9.07 Å². The van der Waals surface area contributed by atoms with Crippen LogP contribution >= 0.6 is 0 Å². The molecule has 2 heterocycles. The zero-order chi connectivity index (χ0) is 20.9. The minimum Gasteiger partial charge on any atom is -0.340 e. The van der Waals surface area contributed by atoms with Gasteiger partial charge in [-0.1, -0.05) is 26.0 Å². The molecular weight excluding hydrogens is 386 g/mol. The predicted octanol–water partition coefficient (Wildman–Crippen LogP) is 4.99. The van der Waals surface area contributed by atoms with Crippen molar-refractivity contribution in [1.82, 2.24) is 15.1 Å². The van der Waals surface area contributed by atoms with Crippen LogP contribution in [0.2, 0.25) is 0 Å². The van der Waals surface area contributed by atoms with E-state index in [1.54, 1.807) is 22.9 Å². The summed E-state index contributed by atoms with van der Waals surface area (Å²) in [5.74, 6) is -0.943. The van der Waals surface area contributed by atoms with Gasteiger partial charge in [0.25, 0.3) is 5.91 Å². The summed E-state index contributed by atoms with van der Waals surface area (Å²) < 4.78 is 54.4. The maximum absolute atomic E-state index is 13.3. The number of aromatic nitrogens is 2. The number of nitrogens with zero attached hydrogens (tertiary/aromatic N) is 2. The lowest BCUT2D eigenvalue weighted by Gasteiger charge is -2.19. The Morgan fingerprint density at radius 1 is 1.10 bits per heavy atom. The number of rotatable bonds is 3. The van der Waals surface area contributed by atoms with Crippen LogP contribution in [0.4, 0.5) is 17.6 Å². The molecule has 0 radical (unpaired) electrons. The molecule has 1 amide bonds. The Bertz CT molecular complexity index is 1080. The number of carbonyl (C=O) groups is 1. The van der Waals surface area contributed by atoms with Gasteiger partial charge in [-0.3, -0.25) is 4.79 Å². The van der Waals surface area contributed by atoms with E-state index >= 15 is 0 Å². The molecule has 1 aromatic heterocycles. The van der Waals surface area contributed by atoms with Crippen LogP contribution in [0.25, 0.3) is 5.69 Å². The summed E-state index contributed by atoms with van der Waals surface area (Å²) >= 11 is 0. The van der Waals surface area contributed by atoms with Crippen molar-refractivity contribution in [3.05, 3.63) is 82.4 Å². The largest absolute Gasteiger partial charge is 0.416 e. The summed E-state index contributed by atoms with van der Waals surface area (Å²) in [5.41, 5.74) is 1.52. The maximum Gasteiger partial charge on any atom is 0.416 e. The van der Waals surface area contributed by atoms with Crippen LogP contribution in [-0.2, 0) is 6.18 Å². The molecule has 1 atom stereocenters. The van der Waals surface area contributed by atoms with E-state index in [9.17, 15) is 22.4 Å². The molecule has 4 rings (SSSR count). The van der Waals surface area contributed by atoms with Crippen LogP contribution in [-0.4, -0.2) is 15.7 Å². The highest BCUT2D eigenvalue weighted by atomic mass is 19.4. The Labute approximate surface area is 164 Å². The summed E-state index contributed by atoms with van der Waals surface area (Å²) in [6, 6.07) is 9.82. The third kappa shape index (κ3) is 3.28. The molecule has 1 aliphatic rings. The van der Waals surface area contributed by atoms with Crippen molar-refractivity contribution in [2.75, 3.05) is 0 Å². The number of nitrogens with one attached hydrogen (secondary N) is 1. The minimum atomic E-state index is -4.49. The quantitative estimate of drug-likeness (QED) is 0.627. The van der Waals surface area contributed by atoms with Gasteiger partial charge >= 0.3 is 6.18 Å². The summed E-state index contributed by atoms with van der Waals surface area (Å²) in [7, 11) is 0. The van der Waals surface area contributed by atoms with Gasteiger partial charge in [0, 0.05) is 5.56 Å². The molecule has 4 nitrogen and oxygen atoms in total. The fourth-order valence-corrected chi connectivity index (χ4v) is 3.65. The standard InChI is InChI=1S/C21H17F4N3O/c1-11(2)19-16-17(12-4-3-5-13(10-12)21(23,24)25)26-20(29)18(16)27-28(19)15-8-6-14(22)7-9-15/h3-11,17H,1-2H3,(H,26,29). The van der Waals surface area contributed by atoms with E-state index in [1.165, 1.54) is 18.2 Å². The Kier molecular flexibility index (Phi) is 4.44. The molecule has 2 aromatic carbocycles. The first kappa shape index (κ1) is 19.2. The van der Waals surface area contributed by atoms with Crippen molar-refractivity contribution >= 4 is 5.91 Å². The summed E-state index contributed by atoms with van der Waals surface area (Å²) in [4.78, 5) is 12.5. The molecule has 0 saturated heterocycles. The topological polar surface area (TPSA) is 46.9 Å². The number of hydrogen-bond acceptors (Lipinski definition) is 2. The molecule has 0 fully saturated rings. The van der Waals surface area contributed by atoms with E-state index in [0.29, 0.717) is 22.5 Å². The number of alkyl halides is 3. The Hall–Kier alpha value is -3.16. The van der Waals surface area contributed by atoms with Crippen molar-refractivity contribution in [2.24, 2.45) is 0 Å². The molecule has 150 valence electrons. The molecule has 1 unspecified atom stereocenters. The molecule has 0 spiro atoms. The van der Waals surface area contributed by atoms with Crippen molar-refractivity contribution < 1.29 is 22.4 Å². The third-order valence-corrected chi connectivity index (χ3v) is 4.90. The van der Waals surface area contributed by atoms with Crippen molar-refractivity contribution in [1.29, 1.82) is 0 Å². The van der Waals surface area contributed by atoms with E-state index in [2.05, 4.69) is 10.4 Å². The van der Waals surface area contributed by atoms with E-state index < -0.39 is 29.5 Å². The second-order valence-electron chi connectivity index (χ2n) is 7.22. The predicted molar refractivity (Wildman–Crippen MR) is 98.4 cm³/mol. The average molecular weight is 403 g/mol. The number of fused-ring (bicyclic) bond motifs is 1. The zero-order valence-electron chi connectivity index (χ0n) is 15.6. The highest BCUT2D eigenvalue weighted by Gasteiger charge is 2.39. The summed E-state index contributed by atoms with van der Waals surface area (Å²) in [6.45, 7) is 3.81. The summed E-state index contributed by atoms with van der Waals surface area (Å²) in [5, 5.41) is 7.14. The Morgan fingerprint density at radius 3 is 2.41 bits per heavy atom. The van der Waals surface area contributed by atoms with E-state index in [4.69, 9.17) is 0 Å². The average Bonchev–Trinajstić information content (AvgIpc) is 3.20. The maximum atomic E-state index is 13.3. The summed E-state index contributed by atoms with van der Waals surface area (Å²) in [6.07, 6.45) is -4.49. The first-order chi connectivity index (χ1) is 13.7. The van der Waals surface area contributed by atoms with E-state index in [-0.39, 0.29) is 11.6 Å². The fraction of sp³-hybridized carbons (Fsp3) is 0.238. The normalized spacial score (nSPS) is 16.2. The number of carbonyl (C=O) groups excluding carboxylic acids is 1. The lowest BCUT2D eigenvalue weighted by atomic mass is 9.94. The first-order valence-electron chi connectivity index (χ1n) is 9.03. The van der Waals surface area contributed by atoms with Gasteiger partial charge in [-0.15, -0.1) is 0 Å². The van der Waals surface area contributed by atoms with Gasteiger partial charge in [0.1, 0.15) is 5.82 Å². The van der Waals surface area contributed by atoms with Gasteiger partial charge in [0.2, 0.25) is 0 Å². The fourth-order valence-electron chi connectivity index (χ4n) is 3.65. The number of benzene rings is 2. The monoisotopic (exact) mass is 403 g/mol. The van der Waals surface area contributed by atoms with Crippen LogP contribution in [0.3, 0.4) is 0 Å². The number of amides is 1. The number of hydrogen-bond donors (Lipinski definition) is 1. The van der Waals surface area contributed by atoms with Crippen molar-refractivity contribution in [2.45, 2.75) is 32.0 Å². The van der Waals surface area contributed by atoms with Gasteiger partial charge in [0.15, 0.2) is 5.69 Å². The van der Waals surface area contributed by atoms with Crippen molar-refractivity contribution in [3.63, 3.8) is 0 Å². The third-order valence-electron chi connectivity index (χ3n) is 4.90. The molecule has 0 saturated carbocycles. The van der Waals surface area contributed by atoms with Crippen LogP contribution < -0.4 is 5.32 Å². The van der Waals surface area contributed by atoms with Crippen molar-refractivity contribution in [3.8, 4) is 5.69 Å². The van der Waals surface area contributed by atoms with Crippen LogP contribution in [0.1, 0.15) is 58.7 Å². The van der Waals surface area contributed by atoms with Crippen LogP contribution in [0.5, 0.6) is 0 Å². The second-order valence-corrected chi connectivity index (χ2v) is 7.22. The smallest absolute Gasteiger partial charge is 0.340 e. The van der Waals surface area contributed by atoms with Crippen LogP contribution in [0.15, 0.2) is 48.5 Å². The molecule has 8 heteroatoms. The molecule has 3 aromatic rings. The van der Waals surface area contributed by atoms with E-state index in [0.717, 1.165) is 12.1 Å². The minimum absolute atomic E-state index is 0.0858. The lowest BCUT2D eigenvalue weighted by Crippen LogP contribution is -2.23. The Morgan fingerprint density at radius 2 is 1.79 bits per heavy atom. The van der Waals surface area contributed by atoms with Gasteiger partial charge < -0.3 is 5.32 Å². The molecule has 29 heavy (non-hydrogen) atoms. The van der Waals surface area contributed by atoms with Gasteiger partial charge in [0.05, 0.1) is 23.0 Å². The molecule has 0 aliphatic carbocycles. The van der Waals surface area contributed by atoms with Gasteiger partial charge in [-0.2, -0.15) is 18.3 Å². The van der Waals surface area contributed by atoms with Gasteiger partial charge in [-0.05, 0) is 47.9 Å². The Balaban J connectivity index is 1.88. The molecule has 1 N–H and O–H groups in total. The van der Waals surface area contributed by atoms with E-state index in [1.807, 2.05) is 13.8 Å². The molecular formula is C21H17F4N3O. The SMILES string of the molecule is CC(C)c1c2c(nn1-c1ccc(F)cc1)C(=O)NC2c1cccc(C(F)(F)F)c1.